The molecule has 1 N–H and O–H groups in total. The van der Waals surface area contributed by atoms with Gasteiger partial charge >= 0.3 is 0 Å². The van der Waals surface area contributed by atoms with Crippen LogP contribution in [-0.2, 0) is 11.3 Å². The van der Waals surface area contributed by atoms with Gasteiger partial charge in [0.15, 0.2) is 18.1 Å². The van der Waals surface area contributed by atoms with Crippen LogP contribution < -0.4 is 19.5 Å². The molecule has 1 saturated heterocycles. The van der Waals surface area contributed by atoms with Gasteiger partial charge in [0.25, 0.3) is 11.8 Å². The van der Waals surface area contributed by atoms with E-state index in [1.54, 1.807) is 24.4 Å². The molecule has 2 fully saturated rings. The molecule has 35 heavy (non-hydrogen) atoms. The first-order valence-corrected chi connectivity index (χ1v) is 12.7. The minimum Gasteiger partial charge on any atom is -0.490 e. The van der Waals surface area contributed by atoms with E-state index in [9.17, 15) is 9.59 Å². The molecule has 0 bridgehead atoms. The van der Waals surface area contributed by atoms with Crippen molar-refractivity contribution < 1.29 is 23.8 Å². The SMILES string of the molecule is CCOc1cc(C(=O)NCc2cccnc2OC2CCCC2)ccc1OCC(=O)N1CCCCC1. The molecule has 0 unspecified atom stereocenters. The first-order chi connectivity index (χ1) is 17.1. The second kappa shape index (κ2) is 12.4. The van der Waals surface area contributed by atoms with Crippen LogP contribution in [0.15, 0.2) is 36.5 Å². The lowest BCUT2D eigenvalue weighted by Gasteiger charge is -2.26. The Morgan fingerprint density at radius 1 is 1.03 bits per heavy atom. The zero-order valence-electron chi connectivity index (χ0n) is 20.5. The number of likely N-dealkylation sites (tertiary alicyclic amines) is 1. The van der Waals surface area contributed by atoms with Crippen molar-refractivity contribution in [2.75, 3.05) is 26.3 Å². The van der Waals surface area contributed by atoms with Crippen molar-refractivity contribution in [3.8, 4) is 17.4 Å². The summed E-state index contributed by atoms with van der Waals surface area (Å²) >= 11 is 0. The van der Waals surface area contributed by atoms with Crippen LogP contribution in [0, 0.1) is 0 Å². The highest BCUT2D eigenvalue weighted by Crippen LogP contribution is 2.29. The van der Waals surface area contributed by atoms with E-state index in [0.29, 0.717) is 36.1 Å². The van der Waals surface area contributed by atoms with Gasteiger partial charge in [-0.25, -0.2) is 4.98 Å². The summed E-state index contributed by atoms with van der Waals surface area (Å²) in [5.74, 6) is 1.21. The number of rotatable bonds is 10. The summed E-state index contributed by atoms with van der Waals surface area (Å²) in [6.07, 6.45) is 9.58. The number of carbonyl (C=O) groups excluding carboxylic acids is 2. The molecule has 1 aliphatic carbocycles. The third-order valence-corrected chi connectivity index (χ3v) is 6.44. The molecule has 2 aliphatic rings. The molecule has 2 aromatic rings. The predicted molar refractivity (Wildman–Crippen MR) is 132 cm³/mol. The molecule has 1 aromatic carbocycles. The lowest BCUT2D eigenvalue weighted by molar-refractivity contribution is -0.134. The number of ether oxygens (including phenoxy) is 3. The van der Waals surface area contributed by atoms with Crippen LogP contribution in [0.5, 0.6) is 17.4 Å². The Morgan fingerprint density at radius 2 is 1.83 bits per heavy atom. The Balaban J connectivity index is 1.36. The number of piperidine rings is 1. The topological polar surface area (TPSA) is 90.0 Å². The molecule has 2 heterocycles. The Bertz CT molecular complexity index is 1000. The lowest BCUT2D eigenvalue weighted by Crippen LogP contribution is -2.38. The average molecular weight is 482 g/mol. The number of nitrogens with zero attached hydrogens (tertiary/aromatic N) is 2. The van der Waals surface area contributed by atoms with Gasteiger partial charge in [-0.2, -0.15) is 0 Å². The average Bonchev–Trinajstić information content (AvgIpc) is 3.41. The molecule has 8 nitrogen and oxygen atoms in total. The highest BCUT2D eigenvalue weighted by Gasteiger charge is 2.20. The number of nitrogens with one attached hydrogen (secondary N) is 1. The van der Waals surface area contributed by atoms with Crippen LogP contribution in [0.25, 0.3) is 0 Å². The molecule has 0 radical (unpaired) electrons. The summed E-state index contributed by atoms with van der Waals surface area (Å²) in [7, 11) is 0. The van der Waals surface area contributed by atoms with Crippen molar-refractivity contribution in [2.24, 2.45) is 0 Å². The molecular formula is C27H35N3O5. The van der Waals surface area contributed by atoms with Gasteiger partial charge in [-0.3, -0.25) is 9.59 Å². The normalized spacial score (nSPS) is 16.1. The summed E-state index contributed by atoms with van der Waals surface area (Å²) in [6, 6.07) is 8.77. The van der Waals surface area contributed by atoms with Crippen molar-refractivity contribution in [1.29, 1.82) is 0 Å². The number of hydrogen-bond donors (Lipinski definition) is 1. The Hall–Kier alpha value is -3.29. The number of aromatic nitrogens is 1. The summed E-state index contributed by atoms with van der Waals surface area (Å²) in [6.45, 7) is 4.11. The minimum atomic E-state index is -0.238. The van der Waals surface area contributed by atoms with E-state index < -0.39 is 0 Å². The maximum absolute atomic E-state index is 12.9. The summed E-state index contributed by atoms with van der Waals surface area (Å²) in [5, 5.41) is 2.95. The quantitative estimate of drug-likeness (QED) is 0.549. The maximum Gasteiger partial charge on any atom is 0.260 e. The fraction of sp³-hybridized carbons (Fsp3) is 0.519. The van der Waals surface area contributed by atoms with Crippen LogP contribution in [0.4, 0.5) is 0 Å². The first kappa shape index (κ1) is 24.8. The van der Waals surface area contributed by atoms with Crippen molar-refractivity contribution in [2.45, 2.75) is 64.5 Å². The number of benzene rings is 1. The number of hydrogen-bond acceptors (Lipinski definition) is 6. The van der Waals surface area contributed by atoms with Gasteiger partial charge in [0.1, 0.15) is 6.10 Å². The number of carbonyl (C=O) groups is 2. The van der Waals surface area contributed by atoms with Crippen LogP contribution in [0.3, 0.4) is 0 Å². The smallest absolute Gasteiger partial charge is 0.260 e. The fourth-order valence-electron chi connectivity index (χ4n) is 4.52. The lowest BCUT2D eigenvalue weighted by atomic mass is 10.1. The van der Waals surface area contributed by atoms with Crippen LogP contribution >= 0.6 is 0 Å². The van der Waals surface area contributed by atoms with E-state index in [1.165, 1.54) is 12.8 Å². The molecule has 1 saturated carbocycles. The molecule has 8 heteroatoms. The highest BCUT2D eigenvalue weighted by molar-refractivity contribution is 5.94. The van der Waals surface area contributed by atoms with E-state index in [-0.39, 0.29) is 24.5 Å². The molecule has 1 aliphatic heterocycles. The largest absolute Gasteiger partial charge is 0.490 e. The van der Waals surface area contributed by atoms with Crippen molar-refractivity contribution in [3.05, 3.63) is 47.7 Å². The van der Waals surface area contributed by atoms with Crippen molar-refractivity contribution >= 4 is 11.8 Å². The molecule has 0 atom stereocenters. The van der Waals surface area contributed by atoms with E-state index in [2.05, 4.69) is 10.3 Å². The second-order valence-corrected chi connectivity index (χ2v) is 9.00. The van der Waals surface area contributed by atoms with Gasteiger partial charge < -0.3 is 24.4 Å². The maximum atomic E-state index is 12.9. The zero-order chi connectivity index (χ0) is 24.5. The summed E-state index contributed by atoms with van der Waals surface area (Å²) < 4.78 is 17.5. The summed E-state index contributed by atoms with van der Waals surface area (Å²) in [5.41, 5.74) is 1.29. The molecule has 0 spiro atoms. The Labute approximate surface area is 207 Å². The van der Waals surface area contributed by atoms with Gasteiger partial charge in [-0.1, -0.05) is 6.07 Å². The van der Waals surface area contributed by atoms with Gasteiger partial charge in [-0.15, -0.1) is 0 Å². The molecule has 4 rings (SSSR count). The van der Waals surface area contributed by atoms with Gasteiger partial charge in [0, 0.05) is 37.0 Å². The predicted octanol–water partition coefficient (Wildman–Crippen LogP) is 4.12. The monoisotopic (exact) mass is 481 g/mol. The fourth-order valence-corrected chi connectivity index (χ4v) is 4.52. The highest BCUT2D eigenvalue weighted by atomic mass is 16.5. The van der Waals surface area contributed by atoms with Gasteiger partial charge in [-0.05, 0) is 76.1 Å². The molecule has 2 amide bonds. The number of amides is 2. The third-order valence-electron chi connectivity index (χ3n) is 6.44. The number of pyridine rings is 1. The van der Waals surface area contributed by atoms with Gasteiger partial charge in [0.05, 0.1) is 6.61 Å². The van der Waals surface area contributed by atoms with Crippen LogP contribution in [-0.4, -0.2) is 54.1 Å². The second-order valence-electron chi connectivity index (χ2n) is 9.00. The minimum absolute atomic E-state index is 0.0268. The molecule has 1 aromatic heterocycles. The third kappa shape index (κ3) is 6.87. The van der Waals surface area contributed by atoms with Crippen molar-refractivity contribution in [3.63, 3.8) is 0 Å². The van der Waals surface area contributed by atoms with E-state index in [0.717, 1.165) is 50.8 Å². The van der Waals surface area contributed by atoms with E-state index >= 15 is 0 Å². The summed E-state index contributed by atoms with van der Waals surface area (Å²) in [4.78, 5) is 31.5. The molecule has 188 valence electrons. The van der Waals surface area contributed by atoms with Gasteiger partial charge in [0.2, 0.25) is 5.88 Å². The zero-order valence-corrected chi connectivity index (χ0v) is 20.5. The van der Waals surface area contributed by atoms with Crippen molar-refractivity contribution in [1.82, 2.24) is 15.2 Å². The van der Waals surface area contributed by atoms with E-state index in [1.807, 2.05) is 24.0 Å². The first-order valence-electron chi connectivity index (χ1n) is 12.7. The van der Waals surface area contributed by atoms with E-state index in [4.69, 9.17) is 14.2 Å². The Morgan fingerprint density at radius 3 is 2.60 bits per heavy atom. The Kier molecular flexibility index (Phi) is 8.81. The van der Waals surface area contributed by atoms with Crippen LogP contribution in [0.2, 0.25) is 0 Å². The molecular weight excluding hydrogens is 446 g/mol. The van der Waals surface area contributed by atoms with Crippen LogP contribution in [0.1, 0.15) is 67.8 Å². The standard InChI is InChI=1S/C27H35N3O5/c1-2-33-24-17-20(12-13-23(24)34-19-25(31)30-15-6-3-7-16-30)26(32)29-18-21-9-8-14-28-27(21)35-22-10-4-5-11-22/h8-9,12-14,17,22H,2-7,10-11,15-16,18-19H2,1H3,(H,29,32).